The number of hydrogen-bond acceptors (Lipinski definition) is 4. The highest BCUT2D eigenvalue weighted by atomic mass is 14.4. The van der Waals surface area contributed by atoms with Crippen molar-refractivity contribution in [3.05, 3.63) is 0 Å². The van der Waals surface area contributed by atoms with Gasteiger partial charge < -0.3 is 0 Å². The van der Waals surface area contributed by atoms with Crippen LogP contribution >= 0.6 is 0 Å². The van der Waals surface area contributed by atoms with E-state index in [1.165, 1.54) is 44.9 Å². The van der Waals surface area contributed by atoms with E-state index in [1.54, 1.807) is 0 Å². The quantitative estimate of drug-likeness (QED) is 0.394. The minimum atomic E-state index is -1.10. The van der Waals surface area contributed by atoms with Crippen LogP contribution in [0.1, 0.15) is 89.9 Å². The fraction of sp³-hybridized carbons (Fsp3) is 0.789. The Morgan fingerprint density at radius 2 is 0.957 bits per heavy atom. The van der Waals surface area contributed by atoms with Gasteiger partial charge in [0.25, 0.3) is 0 Å². The van der Waals surface area contributed by atoms with Crippen LogP contribution in [-0.2, 0) is 0 Å². The predicted octanol–water partition coefficient (Wildman–Crippen LogP) is 5.53. The molecule has 0 aromatic rings. The molecule has 0 rings (SSSR count). The first kappa shape index (κ1) is 21.0. The molecule has 0 bridgehead atoms. The summed E-state index contributed by atoms with van der Waals surface area (Å²) in [6.07, 6.45) is 14.0. The molecule has 0 aromatic heterocycles. The van der Waals surface area contributed by atoms with E-state index in [9.17, 15) is 0 Å². The van der Waals surface area contributed by atoms with Gasteiger partial charge in [-0.2, -0.15) is 21.0 Å². The van der Waals surface area contributed by atoms with E-state index in [0.717, 1.165) is 25.7 Å². The summed E-state index contributed by atoms with van der Waals surface area (Å²) in [7, 11) is 0. The second kappa shape index (κ2) is 14.9. The van der Waals surface area contributed by atoms with Crippen LogP contribution in [0.5, 0.6) is 0 Å². The van der Waals surface area contributed by atoms with Crippen molar-refractivity contribution in [2.75, 3.05) is 0 Å². The van der Waals surface area contributed by atoms with E-state index >= 15 is 0 Å². The monoisotopic (exact) mass is 312 g/mol. The minimum Gasteiger partial charge on any atom is -0.198 e. The number of nitrogens with zero attached hydrogens (tertiary/aromatic N) is 4. The lowest BCUT2D eigenvalue weighted by Crippen LogP contribution is -2.15. The van der Waals surface area contributed by atoms with Crippen molar-refractivity contribution in [2.45, 2.75) is 89.9 Å². The third-order valence-corrected chi connectivity index (χ3v) is 4.20. The highest BCUT2D eigenvalue weighted by Crippen LogP contribution is 2.27. The highest BCUT2D eigenvalue weighted by Gasteiger charge is 2.29. The van der Waals surface area contributed by atoms with E-state index < -0.39 is 5.41 Å². The zero-order chi connectivity index (χ0) is 17.2. The lowest BCUT2D eigenvalue weighted by Gasteiger charge is -2.13. The lowest BCUT2D eigenvalue weighted by molar-refractivity contribution is 0.446. The molecule has 23 heavy (non-hydrogen) atoms. The maximum Gasteiger partial charge on any atom is 0.156 e. The SMILES string of the molecule is N#CCCCCCCCCCCCCCC(C#N)(C#N)CC#N. The average molecular weight is 312 g/mol. The maximum absolute atomic E-state index is 9.06. The van der Waals surface area contributed by atoms with Crippen LogP contribution in [0.4, 0.5) is 0 Å². The molecule has 124 valence electrons. The third kappa shape index (κ3) is 11.2. The summed E-state index contributed by atoms with van der Waals surface area (Å²) in [6, 6.07) is 8.14. The summed E-state index contributed by atoms with van der Waals surface area (Å²) in [5.41, 5.74) is -1.10. The maximum atomic E-state index is 9.06. The molecule has 0 spiro atoms. The zero-order valence-corrected chi connectivity index (χ0v) is 14.2. The van der Waals surface area contributed by atoms with E-state index in [1.807, 2.05) is 18.2 Å². The molecule has 4 nitrogen and oxygen atoms in total. The Bertz CT molecular complexity index is 442. The van der Waals surface area contributed by atoms with Crippen molar-refractivity contribution in [2.24, 2.45) is 5.41 Å². The molecular weight excluding hydrogens is 284 g/mol. The van der Waals surface area contributed by atoms with Gasteiger partial charge in [0.15, 0.2) is 5.41 Å². The molecule has 0 aliphatic rings. The summed E-state index contributed by atoms with van der Waals surface area (Å²) >= 11 is 0. The molecule has 0 N–H and O–H groups in total. The van der Waals surface area contributed by atoms with Crippen molar-refractivity contribution in [3.63, 3.8) is 0 Å². The van der Waals surface area contributed by atoms with Crippen LogP contribution in [0.3, 0.4) is 0 Å². The lowest BCUT2D eigenvalue weighted by atomic mass is 9.83. The van der Waals surface area contributed by atoms with E-state index in [-0.39, 0.29) is 6.42 Å². The van der Waals surface area contributed by atoms with Crippen molar-refractivity contribution in [1.29, 1.82) is 21.0 Å². The number of unbranched alkanes of at least 4 members (excludes halogenated alkanes) is 11. The molecule has 0 atom stereocenters. The molecule has 0 saturated carbocycles. The van der Waals surface area contributed by atoms with Crippen molar-refractivity contribution >= 4 is 0 Å². The second-order valence-electron chi connectivity index (χ2n) is 6.19. The van der Waals surface area contributed by atoms with Crippen LogP contribution in [-0.4, -0.2) is 0 Å². The largest absolute Gasteiger partial charge is 0.198 e. The van der Waals surface area contributed by atoms with Gasteiger partial charge in [0, 0.05) is 6.42 Å². The molecule has 0 unspecified atom stereocenters. The van der Waals surface area contributed by atoms with Gasteiger partial charge in [-0.1, -0.05) is 64.2 Å². The van der Waals surface area contributed by atoms with Crippen molar-refractivity contribution in [1.82, 2.24) is 0 Å². The molecule has 0 aliphatic carbocycles. The van der Waals surface area contributed by atoms with Crippen LogP contribution in [0, 0.1) is 50.7 Å². The Kier molecular flexibility index (Phi) is 13.6. The smallest absolute Gasteiger partial charge is 0.156 e. The fourth-order valence-electron chi connectivity index (χ4n) is 2.66. The summed E-state index contributed by atoms with van der Waals surface area (Å²) in [4.78, 5) is 0. The Hall–Kier alpha value is -2.04. The molecule has 0 aromatic carbocycles. The Labute approximate surface area is 141 Å². The van der Waals surface area contributed by atoms with Gasteiger partial charge in [-0.25, -0.2) is 0 Å². The molecule has 0 saturated heterocycles. The number of nitriles is 4. The minimum absolute atomic E-state index is 0.00830. The predicted molar refractivity (Wildman–Crippen MR) is 89.5 cm³/mol. The van der Waals surface area contributed by atoms with Crippen molar-refractivity contribution < 1.29 is 0 Å². The van der Waals surface area contributed by atoms with Crippen LogP contribution in [0.2, 0.25) is 0 Å². The summed E-state index contributed by atoms with van der Waals surface area (Å²) in [6.45, 7) is 0. The summed E-state index contributed by atoms with van der Waals surface area (Å²) in [5, 5.41) is 35.3. The van der Waals surface area contributed by atoms with Crippen LogP contribution in [0.25, 0.3) is 0 Å². The van der Waals surface area contributed by atoms with Gasteiger partial charge in [0.2, 0.25) is 0 Å². The average Bonchev–Trinajstić information content (AvgIpc) is 2.58. The van der Waals surface area contributed by atoms with Gasteiger partial charge in [-0.3, -0.25) is 0 Å². The highest BCUT2D eigenvalue weighted by molar-refractivity contribution is 5.16. The van der Waals surface area contributed by atoms with Gasteiger partial charge in [-0.15, -0.1) is 0 Å². The molecule has 4 heteroatoms. The molecular formula is C19H28N4. The van der Waals surface area contributed by atoms with E-state index in [4.69, 9.17) is 21.0 Å². The first-order chi connectivity index (χ1) is 11.2. The van der Waals surface area contributed by atoms with E-state index in [0.29, 0.717) is 12.8 Å². The number of rotatable bonds is 14. The molecule has 0 aliphatic heterocycles. The topological polar surface area (TPSA) is 95.2 Å². The third-order valence-electron chi connectivity index (χ3n) is 4.20. The first-order valence-electron chi connectivity index (χ1n) is 8.81. The second-order valence-corrected chi connectivity index (χ2v) is 6.19. The normalized spacial score (nSPS) is 10.3. The molecule has 0 amide bonds. The van der Waals surface area contributed by atoms with Gasteiger partial charge >= 0.3 is 0 Å². The Morgan fingerprint density at radius 1 is 0.522 bits per heavy atom. The molecule has 0 heterocycles. The van der Waals surface area contributed by atoms with Crippen LogP contribution < -0.4 is 0 Å². The van der Waals surface area contributed by atoms with Crippen molar-refractivity contribution in [3.8, 4) is 24.3 Å². The zero-order valence-electron chi connectivity index (χ0n) is 14.2. The van der Waals surface area contributed by atoms with E-state index in [2.05, 4.69) is 6.07 Å². The van der Waals surface area contributed by atoms with Gasteiger partial charge in [-0.05, 0) is 12.8 Å². The van der Waals surface area contributed by atoms with Gasteiger partial charge in [0.05, 0.1) is 30.7 Å². The number of hydrogen-bond donors (Lipinski definition) is 0. The summed E-state index contributed by atoms with van der Waals surface area (Å²) < 4.78 is 0. The Morgan fingerprint density at radius 3 is 1.35 bits per heavy atom. The molecule has 0 fully saturated rings. The Balaban J connectivity index is 3.44. The summed E-state index contributed by atoms with van der Waals surface area (Å²) in [5.74, 6) is 0. The first-order valence-corrected chi connectivity index (χ1v) is 8.81. The fourth-order valence-corrected chi connectivity index (χ4v) is 2.66. The molecule has 0 radical (unpaired) electrons. The van der Waals surface area contributed by atoms with Gasteiger partial charge in [0.1, 0.15) is 0 Å². The standard InChI is InChI=1S/C19H28N4/c20-15-12-10-8-6-4-2-1-3-5-7-9-11-13-19(17-22,18-23)14-16-21/h1-14H2. The van der Waals surface area contributed by atoms with Crippen LogP contribution in [0.15, 0.2) is 0 Å².